The van der Waals surface area contributed by atoms with Crippen molar-refractivity contribution in [2.75, 3.05) is 6.61 Å². The minimum absolute atomic E-state index is 0.140. The fraction of sp³-hybridized carbons (Fsp3) is 0.161. The van der Waals surface area contributed by atoms with Gasteiger partial charge in [-0.15, -0.1) is 0 Å². The molecule has 4 aliphatic rings. The number of carbonyl (C=O) groups excluding carboxylic acids is 5. The van der Waals surface area contributed by atoms with Crippen LogP contribution in [-0.4, -0.2) is 169 Å². The molecule has 0 saturated carbocycles. The van der Waals surface area contributed by atoms with Crippen molar-refractivity contribution in [1.82, 2.24) is 0 Å². The standard InChI is InChI=1S/C56H40O31/c57-18-2-1-12(3-20(18)59)47-27(66)6-14-19(58)10-21(60)32(48(14)84-47)35-34-36-33(44(74)46(76)45(34)75)31-17(9-26(65)40(70)43(31)73)55(80)87-51(50(35)86-56(36)81)49-28(83-52(77)13-4-22(61)37(67)23(62)5-13)11-82-53(78)15-7-24(63)38(68)41(71)29(15)30-16(54(79)85-49)8-25(64)39(69)42(30)72/h1-5,7-10,27-28,35,47,49-51,57-76H,6,11H2. The maximum atomic E-state index is 15.3. The molecule has 7 aromatic rings. The van der Waals surface area contributed by atoms with Gasteiger partial charge >= 0.3 is 29.8 Å². The second-order valence-electron chi connectivity index (χ2n) is 19.9. The Morgan fingerprint density at radius 2 is 0.908 bits per heavy atom. The Morgan fingerprint density at radius 1 is 0.414 bits per heavy atom. The van der Waals surface area contributed by atoms with Gasteiger partial charge in [0.05, 0.1) is 39.8 Å². The molecule has 0 fully saturated rings. The van der Waals surface area contributed by atoms with E-state index < -0.39 is 267 Å². The van der Waals surface area contributed by atoms with E-state index in [-0.39, 0.29) is 5.56 Å². The first-order valence-corrected chi connectivity index (χ1v) is 24.9. The van der Waals surface area contributed by atoms with Crippen molar-refractivity contribution in [2.45, 2.75) is 49.0 Å². The molecule has 4 aliphatic heterocycles. The first kappa shape index (κ1) is 56.7. The highest BCUT2D eigenvalue weighted by atomic mass is 16.6. The highest BCUT2D eigenvalue weighted by molar-refractivity contribution is 6.11. The second-order valence-corrected chi connectivity index (χ2v) is 19.9. The lowest BCUT2D eigenvalue weighted by atomic mass is 9.73. The zero-order valence-corrected chi connectivity index (χ0v) is 43.1. The third kappa shape index (κ3) is 8.66. The minimum Gasteiger partial charge on any atom is -0.507 e. The van der Waals surface area contributed by atoms with Crippen LogP contribution in [0.25, 0.3) is 22.3 Å². The smallest absolute Gasteiger partial charge is 0.339 e. The Morgan fingerprint density at radius 3 is 1.46 bits per heavy atom. The molecule has 4 heterocycles. The molecule has 31 nitrogen and oxygen atoms in total. The molecule has 7 aromatic carbocycles. The zero-order valence-electron chi connectivity index (χ0n) is 43.1. The number of hydrogen-bond acceptors (Lipinski definition) is 31. The van der Waals surface area contributed by atoms with Crippen LogP contribution in [0, 0.1) is 0 Å². The number of benzene rings is 7. The number of rotatable bonds is 5. The van der Waals surface area contributed by atoms with E-state index in [1.807, 2.05) is 0 Å². The summed E-state index contributed by atoms with van der Waals surface area (Å²) < 4.78 is 35.6. The van der Waals surface area contributed by atoms with Crippen LogP contribution in [0.5, 0.6) is 115 Å². The number of hydrogen-bond donors (Lipinski definition) is 20. The molecule has 7 unspecified atom stereocenters. The van der Waals surface area contributed by atoms with Gasteiger partial charge in [-0.25, -0.2) is 24.0 Å². The van der Waals surface area contributed by atoms with Crippen LogP contribution in [-0.2, 0) is 30.1 Å². The van der Waals surface area contributed by atoms with E-state index in [0.717, 1.165) is 18.2 Å². The zero-order chi connectivity index (χ0) is 63.0. The van der Waals surface area contributed by atoms with Crippen LogP contribution in [0.1, 0.15) is 86.1 Å². The van der Waals surface area contributed by atoms with E-state index >= 15 is 14.4 Å². The second kappa shape index (κ2) is 20.0. The summed E-state index contributed by atoms with van der Waals surface area (Å²) in [6, 6.07) is 5.59. The number of phenols is 19. The number of aliphatic hydroxyl groups is 1. The van der Waals surface area contributed by atoms with Gasteiger partial charge in [-0.3, -0.25) is 0 Å². The van der Waals surface area contributed by atoms with Crippen LogP contribution in [0.3, 0.4) is 0 Å². The molecule has 7 atom stereocenters. The summed E-state index contributed by atoms with van der Waals surface area (Å²) in [5, 5.41) is 222. The van der Waals surface area contributed by atoms with E-state index in [1.54, 1.807) is 0 Å². The van der Waals surface area contributed by atoms with Gasteiger partial charge in [0.1, 0.15) is 30.0 Å². The average molecular weight is 1210 g/mol. The Bertz CT molecular complexity index is 4220. The number of fused-ring (bicyclic) bond motifs is 8. The molecule has 11 rings (SSSR count). The van der Waals surface area contributed by atoms with Gasteiger partial charge < -0.3 is 131 Å². The summed E-state index contributed by atoms with van der Waals surface area (Å²) >= 11 is 0. The number of aromatic hydroxyl groups is 19. The van der Waals surface area contributed by atoms with E-state index in [9.17, 15) is 112 Å². The molecular formula is C56H40O31. The first-order chi connectivity index (χ1) is 41.0. The average Bonchev–Trinajstić information content (AvgIpc) is 0.817. The van der Waals surface area contributed by atoms with Crippen molar-refractivity contribution < 1.29 is 155 Å². The number of cyclic esters (lactones) is 3. The molecule has 0 saturated heterocycles. The van der Waals surface area contributed by atoms with Gasteiger partial charge in [-0.2, -0.15) is 0 Å². The van der Waals surface area contributed by atoms with Crippen molar-refractivity contribution in [1.29, 1.82) is 0 Å². The Labute approximate surface area is 480 Å². The lowest BCUT2D eigenvalue weighted by molar-refractivity contribution is -0.135. The Kier molecular flexibility index (Phi) is 13.1. The normalized spacial score (nSPS) is 20.4. The lowest BCUT2D eigenvalue weighted by Crippen LogP contribution is -2.56. The van der Waals surface area contributed by atoms with E-state index in [1.165, 1.54) is 0 Å². The van der Waals surface area contributed by atoms with Crippen molar-refractivity contribution >= 4 is 29.8 Å². The summed E-state index contributed by atoms with van der Waals surface area (Å²) in [5.41, 5.74) is -13.3. The number of aliphatic hydroxyl groups excluding tert-OH is 1. The molecule has 0 spiro atoms. The summed E-state index contributed by atoms with van der Waals surface area (Å²) in [7, 11) is 0. The van der Waals surface area contributed by atoms with Crippen molar-refractivity contribution in [3.63, 3.8) is 0 Å². The van der Waals surface area contributed by atoms with Gasteiger partial charge in [0, 0.05) is 51.4 Å². The van der Waals surface area contributed by atoms with Crippen molar-refractivity contribution in [3.8, 4) is 137 Å². The highest BCUT2D eigenvalue weighted by Gasteiger charge is 2.57. The summed E-state index contributed by atoms with van der Waals surface area (Å²) in [6.45, 7) is -1.63. The monoisotopic (exact) mass is 1210 g/mol. The molecular weight excluding hydrogens is 1170 g/mol. The van der Waals surface area contributed by atoms with Crippen LogP contribution >= 0.6 is 0 Å². The van der Waals surface area contributed by atoms with Gasteiger partial charge in [0.15, 0.2) is 99.2 Å². The van der Waals surface area contributed by atoms with E-state index in [4.69, 9.17) is 28.4 Å². The molecule has 450 valence electrons. The SMILES string of the molecule is O=C(OC1COC(=O)c2cc(O)c(O)c(O)c2-c2c(cc(O)c(O)c2O)C(=O)OC1C1OC(=O)c2cc(O)c(O)c(O)c2-c2c(O)c(O)c(O)c3c2C(=O)OC1C3c1c(O)cc(O)c2c1OC(c1ccc(O)c(O)c1)C(O)C2)c1cc(O)c(O)c(O)c1. The number of esters is 5. The molecule has 0 amide bonds. The van der Waals surface area contributed by atoms with Gasteiger partial charge in [0.25, 0.3) is 0 Å². The van der Waals surface area contributed by atoms with Crippen LogP contribution in [0.4, 0.5) is 0 Å². The molecule has 2 bridgehead atoms. The van der Waals surface area contributed by atoms with Crippen molar-refractivity contribution in [2.24, 2.45) is 0 Å². The summed E-state index contributed by atoms with van der Waals surface area (Å²) in [6.07, 6.45) is -15.7. The quantitative estimate of drug-likeness (QED) is 0.0668. The Balaban J connectivity index is 1.25. The molecule has 0 aliphatic carbocycles. The minimum atomic E-state index is -3.00. The van der Waals surface area contributed by atoms with Crippen molar-refractivity contribution in [3.05, 3.63) is 105 Å². The third-order valence-electron chi connectivity index (χ3n) is 14.9. The predicted molar refractivity (Wildman–Crippen MR) is 277 cm³/mol. The summed E-state index contributed by atoms with van der Waals surface area (Å²) in [5.74, 6) is -38.0. The van der Waals surface area contributed by atoms with Crippen LogP contribution in [0.2, 0.25) is 0 Å². The Hall–Kier alpha value is -12.2. The number of phenolic OH excluding ortho intramolecular Hbond substituents is 19. The molecule has 0 radical (unpaired) electrons. The fourth-order valence-corrected chi connectivity index (χ4v) is 10.9. The van der Waals surface area contributed by atoms with Crippen LogP contribution in [0.15, 0.2) is 54.6 Å². The first-order valence-electron chi connectivity index (χ1n) is 24.9. The lowest BCUT2D eigenvalue weighted by Gasteiger charge is -2.43. The molecule has 87 heavy (non-hydrogen) atoms. The largest absolute Gasteiger partial charge is 0.507 e. The molecule has 20 N–H and O–H groups in total. The van der Waals surface area contributed by atoms with Gasteiger partial charge in [-0.05, 0) is 48.0 Å². The highest BCUT2D eigenvalue weighted by Crippen LogP contribution is 2.62. The number of ether oxygens (including phenoxy) is 6. The van der Waals surface area contributed by atoms with E-state index in [2.05, 4.69) is 0 Å². The predicted octanol–water partition coefficient (Wildman–Crippen LogP) is 3.30. The van der Waals surface area contributed by atoms with Gasteiger partial charge in [-0.1, -0.05) is 6.07 Å². The molecule has 31 heteroatoms. The molecule has 0 aromatic heterocycles. The van der Waals surface area contributed by atoms with Gasteiger partial charge in [0.2, 0.25) is 23.0 Å². The van der Waals surface area contributed by atoms with Crippen LogP contribution < -0.4 is 4.74 Å². The maximum Gasteiger partial charge on any atom is 0.339 e. The fourth-order valence-electron chi connectivity index (χ4n) is 10.9. The maximum absolute atomic E-state index is 15.3. The summed E-state index contributed by atoms with van der Waals surface area (Å²) in [4.78, 5) is 74.7. The number of carbonyl (C=O) groups is 5. The van der Waals surface area contributed by atoms with E-state index in [0.29, 0.717) is 36.4 Å². The topological polar surface area (TPSA) is 545 Å². The third-order valence-corrected chi connectivity index (χ3v) is 14.9.